The SMILES string of the molecule is Oc1ccc(-c2nc(-c3cn[nH]n3)no2)cc1. The van der Waals surface area contributed by atoms with E-state index in [1.54, 1.807) is 24.3 Å². The molecule has 0 saturated heterocycles. The summed E-state index contributed by atoms with van der Waals surface area (Å²) in [5.74, 6) is 0.912. The molecule has 0 fully saturated rings. The highest BCUT2D eigenvalue weighted by atomic mass is 16.5. The van der Waals surface area contributed by atoms with Crippen molar-refractivity contribution >= 4 is 0 Å². The molecule has 0 spiro atoms. The average Bonchev–Trinajstić information content (AvgIpc) is 3.00. The second kappa shape index (κ2) is 3.71. The lowest BCUT2D eigenvalue weighted by Crippen LogP contribution is -1.81. The summed E-state index contributed by atoms with van der Waals surface area (Å²) in [5.41, 5.74) is 1.24. The Balaban J connectivity index is 1.98. The summed E-state index contributed by atoms with van der Waals surface area (Å²) in [4.78, 5) is 4.17. The van der Waals surface area contributed by atoms with Crippen molar-refractivity contribution < 1.29 is 9.63 Å². The number of H-pyrrole nitrogens is 1. The van der Waals surface area contributed by atoms with E-state index in [1.165, 1.54) is 6.20 Å². The lowest BCUT2D eigenvalue weighted by Gasteiger charge is -1.93. The van der Waals surface area contributed by atoms with Crippen molar-refractivity contribution in [1.82, 2.24) is 25.6 Å². The third kappa shape index (κ3) is 1.73. The van der Waals surface area contributed by atoms with Crippen molar-refractivity contribution in [2.75, 3.05) is 0 Å². The van der Waals surface area contributed by atoms with Crippen LogP contribution in [0.4, 0.5) is 0 Å². The number of aromatic amines is 1. The molecule has 2 heterocycles. The number of hydrogen-bond donors (Lipinski definition) is 2. The molecule has 0 atom stereocenters. The van der Waals surface area contributed by atoms with Gasteiger partial charge < -0.3 is 9.63 Å². The maximum absolute atomic E-state index is 9.17. The van der Waals surface area contributed by atoms with E-state index in [2.05, 4.69) is 25.6 Å². The molecule has 0 unspecified atom stereocenters. The average molecular weight is 229 g/mol. The van der Waals surface area contributed by atoms with Gasteiger partial charge in [0.15, 0.2) is 5.69 Å². The van der Waals surface area contributed by atoms with E-state index in [1.807, 2.05) is 0 Å². The molecule has 1 aromatic carbocycles. The van der Waals surface area contributed by atoms with Gasteiger partial charge in [-0.05, 0) is 24.3 Å². The van der Waals surface area contributed by atoms with Crippen LogP contribution in [0.5, 0.6) is 5.75 Å². The van der Waals surface area contributed by atoms with Crippen LogP contribution in [0.15, 0.2) is 35.0 Å². The summed E-state index contributed by atoms with van der Waals surface area (Å²) in [6, 6.07) is 6.48. The van der Waals surface area contributed by atoms with Crippen LogP contribution in [-0.4, -0.2) is 30.7 Å². The number of hydrogen-bond acceptors (Lipinski definition) is 6. The fourth-order valence-corrected chi connectivity index (χ4v) is 1.36. The number of phenols is 1. The predicted octanol–water partition coefficient (Wildman–Crippen LogP) is 1.23. The van der Waals surface area contributed by atoms with Gasteiger partial charge in [-0.3, -0.25) is 0 Å². The van der Waals surface area contributed by atoms with E-state index < -0.39 is 0 Å². The van der Waals surface area contributed by atoms with E-state index >= 15 is 0 Å². The number of phenolic OH excluding ortho intramolecular Hbond substituents is 1. The zero-order chi connectivity index (χ0) is 11.7. The maximum atomic E-state index is 9.17. The van der Waals surface area contributed by atoms with Crippen molar-refractivity contribution in [2.45, 2.75) is 0 Å². The Labute approximate surface area is 95.1 Å². The molecule has 3 rings (SSSR count). The second-order valence-electron chi connectivity index (χ2n) is 3.33. The Morgan fingerprint density at radius 3 is 2.71 bits per heavy atom. The van der Waals surface area contributed by atoms with Crippen molar-refractivity contribution in [3.05, 3.63) is 30.5 Å². The molecule has 3 aromatic rings. The van der Waals surface area contributed by atoms with Gasteiger partial charge in [-0.2, -0.15) is 20.4 Å². The molecule has 2 aromatic heterocycles. The number of nitrogens with one attached hydrogen (secondary N) is 1. The Morgan fingerprint density at radius 2 is 2.00 bits per heavy atom. The first-order valence-electron chi connectivity index (χ1n) is 4.82. The Morgan fingerprint density at radius 1 is 1.18 bits per heavy atom. The minimum absolute atomic E-state index is 0.185. The smallest absolute Gasteiger partial charge is 0.258 e. The first-order valence-corrected chi connectivity index (χ1v) is 4.82. The van der Waals surface area contributed by atoms with Crippen LogP contribution in [0.25, 0.3) is 23.0 Å². The van der Waals surface area contributed by atoms with Crippen LogP contribution in [-0.2, 0) is 0 Å². The first kappa shape index (κ1) is 9.52. The molecular formula is C10H7N5O2. The van der Waals surface area contributed by atoms with Crippen molar-refractivity contribution in [3.8, 4) is 28.7 Å². The highest BCUT2D eigenvalue weighted by molar-refractivity contribution is 5.57. The van der Waals surface area contributed by atoms with E-state index in [0.29, 0.717) is 17.4 Å². The molecule has 0 aliphatic heterocycles. The second-order valence-corrected chi connectivity index (χ2v) is 3.33. The summed E-state index contributed by atoms with van der Waals surface area (Å²) in [6.07, 6.45) is 1.51. The molecule has 0 aliphatic rings. The molecule has 7 nitrogen and oxygen atoms in total. The van der Waals surface area contributed by atoms with E-state index in [9.17, 15) is 0 Å². The van der Waals surface area contributed by atoms with Crippen molar-refractivity contribution in [1.29, 1.82) is 0 Å². The first-order chi connectivity index (χ1) is 8.33. The van der Waals surface area contributed by atoms with Gasteiger partial charge in [0.2, 0.25) is 5.82 Å². The van der Waals surface area contributed by atoms with Crippen LogP contribution in [0, 0.1) is 0 Å². The number of nitrogens with zero attached hydrogens (tertiary/aromatic N) is 4. The molecule has 0 radical (unpaired) electrons. The van der Waals surface area contributed by atoms with Gasteiger partial charge in [-0.1, -0.05) is 5.16 Å². The van der Waals surface area contributed by atoms with E-state index in [0.717, 1.165) is 5.56 Å². The topological polar surface area (TPSA) is 101 Å². The highest BCUT2D eigenvalue weighted by Gasteiger charge is 2.12. The lowest BCUT2D eigenvalue weighted by molar-refractivity contribution is 0.432. The minimum atomic E-state index is 0.185. The van der Waals surface area contributed by atoms with E-state index in [-0.39, 0.29) is 5.75 Å². The highest BCUT2D eigenvalue weighted by Crippen LogP contribution is 2.22. The summed E-state index contributed by atoms with van der Waals surface area (Å²) in [7, 11) is 0. The van der Waals surface area contributed by atoms with E-state index in [4.69, 9.17) is 9.63 Å². The molecule has 0 bridgehead atoms. The number of aromatic hydroxyl groups is 1. The molecule has 84 valence electrons. The summed E-state index contributed by atoms with van der Waals surface area (Å²) in [6.45, 7) is 0. The third-order valence-corrected chi connectivity index (χ3v) is 2.18. The van der Waals surface area contributed by atoms with Gasteiger partial charge in [0, 0.05) is 5.56 Å². The molecular weight excluding hydrogens is 222 g/mol. The zero-order valence-corrected chi connectivity index (χ0v) is 8.53. The van der Waals surface area contributed by atoms with Crippen LogP contribution in [0.1, 0.15) is 0 Å². The monoisotopic (exact) mass is 229 g/mol. The summed E-state index contributed by atoms with van der Waals surface area (Å²) < 4.78 is 5.09. The number of aromatic nitrogens is 5. The standard InChI is InChI=1S/C10H7N5O2/c16-7-3-1-6(2-4-7)10-12-9(14-17-10)8-5-11-15-13-8/h1-5,16H,(H,11,13,15). The largest absolute Gasteiger partial charge is 0.508 e. The van der Waals surface area contributed by atoms with Gasteiger partial charge in [0.05, 0.1) is 6.20 Å². The quantitative estimate of drug-likeness (QED) is 0.685. The normalized spacial score (nSPS) is 10.6. The van der Waals surface area contributed by atoms with Gasteiger partial charge >= 0.3 is 0 Å². The number of rotatable bonds is 2. The lowest BCUT2D eigenvalue weighted by atomic mass is 10.2. The van der Waals surface area contributed by atoms with Crippen LogP contribution >= 0.6 is 0 Å². The molecule has 0 saturated carbocycles. The molecule has 0 amide bonds. The molecule has 7 heteroatoms. The maximum Gasteiger partial charge on any atom is 0.258 e. The van der Waals surface area contributed by atoms with Gasteiger partial charge in [0.25, 0.3) is 5.89 Å². The Kier molecular flexibility index (Phi) is 2.08. The zero-order valence-electron chi connectivity index (χ0n) is 8.53. The minimum Gasteiger partial charge on any atom is -0.508 e. The summed E-state index contributed by atoms with van der Waals surface area (Å²) in [5, 5.41) is 22.9. The predicted molar refractivity (Wildman–Crippen MR) is 56.8 cm³/mol. The number of benzene rings is 1. The molecule has 17 heavy (non-hydrogen) atoms. The fourth-order valence-electron chi connectivity index (χ4n) is 1.36. The van der Waals surface area contributed by atoms with Gasteiger partial charge in [-0.25, -0.2) is 0 Å². The van der Waals surface area contributed by atoms with Crippen LogP contribution in [0.3, 0.4) is 0 Å². The van der Waals surface area contributed by atoms with Gasteiger partial charge in [0.1, 0.15) is 5.75 Å². The molecule has 0 aliphatic carbocycles. The van der Waals surface area contributed by atoms with Crippen molar-refractivity contribution in [3.63, 3.8) is 0 Å². The third-order valence-electron chi connectivity index (χ3n) is 2.18. The van der Waals surface area contributed by atoms with Gasteiger partial charge in [-0.15, -0.1) is 0 Å². The fraction of sp³-hybridized carbons (Fsp3) is 0. The van der Waals surface area contributed by atoms with Crippen LogP contribution in [0.2, 0.25) is 0 Å². The molecule has 2 N–H and O–H groups in total. The van der Waals surface area contributed by atoms with Crippen LogP contribution < -0.4 is 0 Å². The Hall–Kier alpha value is -2.70. The Bertz CT molecular complexity index is 614. The summed E-state index contributed by atoms with van der Waals surface area (Å²) >= 11 is 0. The van der Waals surface area contributed by atoms with Crippen molar-refractivity contribution in [2.24, 2.45) is 0 Å².